The number of hydrogen-bond donors (Lipinski definition) is 1. The Kier molecular flexibility index (Phi) is 5.01. The van der Waals surface area contributed by atoms with Gasteiger partial charge in [-0.1, -0.05) is 12.1 Å². The van der Waals surface area contributed by atoms with Gasteiger partial charge in [-0.3, -0.25) is 0 Å². The van der Waals surface area contributed by atoms with Crippen molar-refractivity contribution in [3.8, 4) is 5.75 Å². The first-order valence-corrected chi connectivity index (χ1v) is 8.21. The highest BCUT2D eigenvalue weighted by Gasteiger charge is 2.32. The van der Waals surface area contributed by atoms with E-state index in [-0.39, 0.29) is 4.08 Å². The van der Waals surface area contributed by atoms with Crippen molar-refractivity contribution in [3.63, 3.8) is 0 Å². The Morgan fingerprint density at radius 2 is 1.89 bits per heavy atom. The summed E-state index contributed by atoms with van der Waals surface area (Å²) in [5.74, 6) is 2.63. The number of phenols is 1. The Balaban J connectivity index is 1.96. The maximum Gasteiger partial charge on any atom is 0.122 e. The van der Waals surface area contributed by atoms with E-state index in [0.29, 0.717) is 12.2 Å². The Bertz CT molecular complexity index is 383. The molecule has 0 aromatic heterocycles. The average Bonchev–Trinajstić information content (AvgIpc) is 2.40. The maximum absolute atomic E-state index is 10.9. The normalized spacial score (nSPS) is 18.4. The predicted molar refractivity (Wildman–Crippen MR) is 79.4 cm³/mol. The van der Waals surface area contributed by atoms with Gasteiger partial charge in [0.1, 0.15) is 12.0 Å². The fourth-order valence-electron chi connectivity index (χ4n) is 2.11. The first-order chi connectivity index (χ1) is 8.74. The van der Waals surface area contributed by atoms with Crippen LogP contribution in [-0.4, -0.2) is 27.0 Å². The lowest BCUT2D eigenvalue weighted by molar-refractivity contribution is -0.108. The number of carbonyl (C=O) groups excluding carboxylic acids is 1. The smallest absolute Gasteiger partial charge is 0.122 e. The highest BCUT2D eigenvalue weighted by molar-refractivity contribution is 8.18. The lowest BCUT2D eigenvalue weighted by atomic mass is 10.1. The van der Waals surface area contributed by atoms with Gasteiger partial charge in [-0.05, 0) is 48.5 Å². The fourth-order valence-corrected chi connectivity index (χ4v) is 5.31. The van der Waals surface area contributed by atoms with Crippen LogP contribution < -0.4 is 0 Å². The fraction of sp³-hybridized carbons (Fsp3) is 0.500. The number of carbonyl (C=O) groups is 1. The largest absolute Gasteiger partial charge is 0.508 e. The first-order valence-electron chi connectivity index (χ1n) is 6.24. The predicted octanol–water partition coefficient (Wildman–Crippen LogP) is 3.48. The molecule has 0 radical (unpaired) electrons. The SMILES string of the molecule is O=CCC1(CCc2ccc(O)cc2)SCCCS1. The summed E-state index contributed by atoms with van der Waals surface area (Å²) in [7, 11) is 0. The van der Waals surface area contributed by atoms with E-state index in [0.717, 1.165) is 30.6 Å². The molecule has 18 heavy (non-hydrogen) atoms. The molecule has 4 heteroatoms. The molecule has 1 aliphatic heterocycles. The molecule has 0 unspecified atom stereocenters. The molecule has 0 amide bonds. The Labute approximate surface area is 117 Å². The summed E-state index contributed by atoms with van der Waals surface area (Å²) in [6.45, 7) is 0. The van der Waals surface area contributed by atoms with Crippen molar-refractivity contribution in [3.05, 3.63) is 29.8 Å². The number of hydrogen-bond acceptors (Lipinski definition) is 4. The molecule has 0 spiro atoms. The minimum absolute atomic E-state index is 0.0812. The van der Waals surface area contributed by atoms with Crippen molar-refractivity contribution in [2.45, 2.75) is 29.8 Å². The molecule has 1 heterocycles. The van der Waals surface area contributed by atoms with Crippen molar-refractivity contribution in [1.29, 1.82) is 0 Å². The number of aromatic hydroxyl groups is 1. The number of aryl methyl sites for hydroxylation is 1. The van der Waals surface area contributed by atoms with E-state index in [1.54, 1.807) is 12.1 Å². The van der Waals surface area contributed by atoms with E-state index in [9.17, 15) is 9.90 Å². The molecule has 1 N–H and O–H groups in total. The van der Waals surface area contributed by atoms with Gasteiger partial charge in [0.15, 0.2) is 0 Å². The molecule has 1 fully saturated rings. The zero-order valence-electron chi connectivity index (χ0n) is 10.3. The molecular formula is C14H18O2S2. The van der Waals surface area contributed by atoms with Crippen LogP contribution >= 0.6 is 23.5 Å². The topological polar surface area (TPSA) is 37.3 Å². The number of thioether (sulfide) groups is 2. The van der Waals surface area contributed by atoms with Crippen LogP contribution in [0.4, 0.5) is 0 Å². The van der Waals surface area contributed by atoms with E-state index in [2.05, 4.69) is 0 Å². The molecule has 1 saturated heterocycles. The summed E-state index contributed by atoms with van der Waals surface area (Å²) in [4.78, 5) is 10.9. The third kappa shape index (κ3) is 3.69. The molecule has 2 nitrogen and oxygen atoms in total. The van der Waals surface area contributed by atoms with E-state index < -0.39 is 0 Å². The zero-order chi connectivity index (χ0) is 12.8. The molecule has 2 rings (SSSR count). The van der Waals surface area contributed by atoms with Gasteiger partial charge in [0, 0.05) is 6.42 Å². The van der Waals surface area contributed by atoms with Crippen LogP contribution in [-0.2, 0) is 11.2 Å². The monoisotopic (exact) mass is 282 g/mol. The summed E-state index contributed by atoms with van der Waals surface area (Å²) in [5, 5.41) is 9.25. The van der Waals surface area contributed by atoms with E-state index in [4.69, 9.17) is 0 Å². The maximum atomic E-state index is 10.9. The van der Waals surface area contributed by atoms with Gasteiger partial charge in [-0.2, -0.15) is 0 Å². The first kappa shape index (κ1) is 13.8. The summed E-state index contributed by atoms with van der Waals surface area (Å²) in [6, 6.07) is 7.37. The van der Waals surface area contributed by atoms with Crippen LogP contribution in [0, 0.1) is 0 Å². The van der Waals surface area contributed by atoms with Gasteiger partial charge in [0.2, 0.25) is 0 Å². The van der Waals surface area contributed by atoms with E-state index >= 15 is 0 Å². The zero-order valence-corrected chi connectivity index (χ0v) is 11.9. The van der Waals surface area contributed by atoms with Crippen molar-refractivity contribution >= 4 is 29.8 Å². The van der Waals surface area contributed by atoms with Crippen LogP contribution in [0.1, 0.15) is 24.8 Å². The molecule has 98 valence electrons. The Hall–Kier alpha value is -0.610. The Morgan fingerprint density at radius 1 is 1.22 bits per heavy atom. The van der Waals surface area contributed by atoms with E-state index in [1.165, 1.54) is 12.0 Å². The summed E-state index contributed by atoms with van der Waals surface area (Å²) >= 11 is 3.88. The highest BCUT2D eigenvalue weighted by Crippen LogP contribution is 2.47. The molecule has 0 aliphatic carbocycles. The number of aldehydes is 1. The molecule has 0 saturated carbocycles. The van der Waals surface area contributed by atoms with Gasteiger partial charge < -0.3 is 9.90 Å². The summed E-state index contributed by atoms with van der Waals surface area (Å²) in [5.41, 5.74) is 1.23. The molecule has 1 aromatic carbocycles. The van der Waals surface area contributed by atoms with Crippen molar-refractivity contribution in [2.24, 2.45) is 0 Å². The standard InChI is InChI=1S/C14H18O2S2/c15-9-8-14(17-10-1-11-18-14)7-6-12-2-4-13(16)5-3-12/h2-5,9,16H,1,6-8,10-11H2. The van der Waals surface area contributed by atoms with Crippen molar-refractivity contribution < 1.29 is 9.90 Å². The quantitative estimate of drug-likeness (QED) is 0.839. The summed E-state index contributed by atoms with van der Waals surface area (Å²) in [6.07, 6.45) is 4.93. The highest BCUT2D eigenvalue weighted by atomic mass is 32.2. The van der Waals surface area contributed by atoms with Gasteiger partial charge in [0.05, 0.1) is 4.08 Å². The van der Waals surface area contributed by atoms with Gasteiger partial charge in [0.25, 0.3) is 0 Å². The van der Waals surface area contributed by atoms with Crippen molar-refractivity contribution in [2.75, 3.05) is 11.5 Å². The van der Waals surface area contributed by atoms with Crippen LogP contribution in [0.2, 0.25) is 0 Å². The minimum Gasteiger partial charge on any atom is -0.508 e. The molecule has 1 aromatic rings. The van der Waals surface area contributed by atoms with Crippen molar-refractivity contribution in [1.82, 2.24) is 0 Å². The second-order valence-corrected chi connectivity index (χ2v) is 7.71. The minimum atomic E-state index is 0.0812. The molecular weight excluding hydrogens is 264 g/mol. The third-order valence-corrected chi connectivity index (χ3v) is 6.63. The van der Waals surface area contributed by atoms with Crippen LogP contribution in [0.15, 0.2) is 24.3 Å². The second-order valence-electron chi connectivity index (χ2n) is 4.50. The summed E-state index contributed by atoms with van der Waals surface area (Å²) < 4.78 is 0.0812. The number of phenolic OH excluding ortho intramolecular Hbond substituents is 1. The van der Waals surface area contributed by atoms with Crippen LogP contribution in [0.3, 0.4) is 0 Å². The number of benzene rings is 1. The average molecular weight is 282 g/mol. The van der Waals surface area contributed by atoms with Gasteiger partial charge >= 0.3 is 0 Å². The second kappa shape index (κ2) is 6.53. The number of rotatable bonds is 5. The lowest BCUT2D eigenvalue weighted by Crippen LogP contribution is -2.26. The molecule has 0 bridgehead atoms. The van der Waals surface area contributed by atoms with Crippen LogP contribution in [0.25, 0.3) is 0 Å². The molecule has 1 aliphatic rings. The lowest BCUT2D eigenvalue weighted by Gasteiger charge is -2.34. The van der Waals surface area contributed by atoms with Crippen LogP contribution in [0.5, 0.6) is 5.75 Å². The van der Waals surface area contributed by atoms with Gasteiger partial charge in [-0.25, -0.2) is 0 Å². The Morgan fingerprint density at radius 3 is 2.50 bits per heavy atom. The third-order valence-electron chi connectivity index (χ3n) is 3.14. The van der Waals surface area contributed by atoms with E-state index in [1.807, 2.05) is 35.7 Å². The molecule has 0 atom stereocenters. The van der Waals surface area contributed by atoms with Gasteiger partial charge in [-0.15, -0.1) is 23.5 Å².